The Balaban J connectivity index is 1.80. The fourth-order valence-corrected chi connectivity index (χ4v) is 2.00. The zero-order valence-electron chi connectivity index (χ0n) is 9.76. The summed E-state index contributed by atoms with van der Waals surface area (Å²) in [7, 11) is 0. The molecule has 0 aromatic heterocycles. The summed E-state index contributed by atoms with van der Waals surface area (Å²) in [4.78, 5) is 11.7. The molecule has 0 radical (unpaired) electrons. The fourth-order valence-electron chi connectivity index (χ4n) is 2.00. The van der Waals surface area contributed by atoms with E-state index in [-0.39, 0.29) is 11.9 Å². The highest BCUT2D eigenvalue weighted by Crippen LogP contribution is 2.13. The molecule has 2 atom stereocenters. The van der Waals surface area contributed by atoms with Crippen LogP contribution in [0, 0.1) is 5.92 Å². The molecule has 1 fully saturated rings. The van der Waals surface area contributed by atoms with Crippen molar-refractivity contribution in [1.29, 1.82) is 0 Å². The predicted molar refractivity (Wildman–Crippen MR) is 65.2 cm³/mol. The summed E-state index contributed by atoms with van der Waals surface area (Å²) >= 11 is 0. The van der Waals surface area contributed by atoms with E-state index in [0.29, 0.717) is 6.61 Å². The van der Waals surface area contributed by atoms with Gasteiger partial charge in [-0.2, -0.15) is 0 Å². The van der Waals surface area contributed by atoms with Gasteiger partial charge in [0.1, 0.15) is 12.6 Å². The summed E-state index contributed by atoms with van der Waals surface area (Å²) < 4.78 is 5.21. The van der Waals surface area contributed by atoms with E-state index >= 15 is 0 Å². The molecule has 0 bridgehead atoms. The molecule has 2 rings (SSSR count). The van der Waals surface area contributed by atoms with Gasteiger partial charge in [-0.3, -0.25) is 4.79 Å². The molecule has 0 amide bonds. The lowest BCUT2D eigenvalue weighted by molar-refractivity contribution is -0.147. The molecule has 4 heteroatoms. The molecule has 1 heterocycles. The molecule has 1 saturated heterocycles. The van der Waals surface area contributed by atoms with Gasteiger partial charge < -0.3 is 15.8 Å². The number of hydrogen-bond donors (Lipinski definition) is 2. The third-order valence-electron chi connectivity index (χ3n) is 3.10. The van der Waals surface area contributed by atoms with Crippen molar-refractivity contribution in [3.63, 3.8) is 0 Å². The molecule has 1 aliphatic heterocycles. The number of nitrogens with one attached hydrogen (secondary N) is 1. The molecule has 1 aromatic rings. The van der Waals surface area contributed by atoms with Crippen molar-refractivity contribution in [2.45, 2.75) is 19.1 Å². The molecule has 2 unspecified atom stereocenters. The first-order valence-corrected chi connectivity index (χ1v) is 5.94. The number of carbonyl (C=O) groups is 1. The molecule has 0 aliphatic carbocycles. The highest BCUT2D eigenvalue weighted by Gasteiger charge is 2.28. The number of hydrogen-bond acceptors (Lipinski definition) is 4. The second-order valence-corrected chi connectivity index (χ2v) is 4.37. The summed E-state index contributed by atoms with van der Waals surface area (Å²) in [5, 5.41) is 3.19. The van der Waals surface area contributed by atoms with Crippen molar-refractivity contribution in [2.24, 2.45) is 11.7 Å². The second kappa shape index (κ2) is 5.80. The summed E-state index contributed by atoms with van der Waals surface area (Å²) in [6, 6.07) is 9.12. The Labute approximate surface area is 101 Å². The molecule has 0 spiro atoms. The lowest BCUT2D eigenvalue weighted by atomic mass is 10.0. The van der Waals surface area contributed by atoms with Gasteiger partial charge in [-0.05, 0) is 24.4 Å². The van der Waals surface area contributed by atoms with Crippen LogP contribution in [0.3, 0.4) is 0 Å². The maximum Gasteiger partial charge on any atom is 0.323 e. The van der Waals surface area contributed by atoms with E-state index in [9.17, 15) is 4.79 Å². The number of ether oxygens (including phenoxy) is 1. The van der Waals surface area contributed by atoms with Gasteiger partial charge in [0, 0.05) is 6.54 Å². The van der Waals surface area contributed by atoms with E-state index in [4.69, 9.17) is 10.5 Å². The van der Waals surface area contributed by atoms with Crippen LogP contribution in [0.5, 0.6) is 0 Å². The lowest BCUT2D eigenvalue weighted by Gasteiger charge is -2.16. The smallest absolute Gasteiger partial charge is 0.323 e. The first-order valence-electron chi connectivity index (χ1n) is 5.94. The normalized spacial score (nSPS) is 21.1. The average Bonchev–Trinajstić information content (AvgIpc) is 2.90. The number of benzene rings is 1. The minimum Gasteiger partial charge on any atom is -0.460 e. The number of esters is 1. The van der Waals surface area contributed by atoms with Crippen LogP contribution in [0.2, 0.25) is 0 Å². The molecular weight excluding hydrogens is 216 g/mol. The van der Waals surface area contributed by atoms with Gasteiger partial charge in [-0.15, -0.1) is 0 Å². The highest BCUT2D eigenvalue weighted by molar-refractivity contribution is 5.76. The van der Waals surface area contributed by atoms with Crippen LogP contribution < -0.4 is 11.1 Å². The van der Waals surface area contributed by atoms with Crippen LogP contribution in [0.1, 0.15) is 12.0 Å². The summed E-state index contributed by atoms with van der Waals surface area (Å²) in [5.41, 5.74) is 6.86. The Morgan fingerprint density at radius 1 is 1.47 bits per heavy atom. The van der Waals surface area contributed by atoms with E-state index in [1.165, 1.54) is 0 Å². The van der Waals surface area contributed by atoms with E-state index in [2.05, 4.69) is 5.32 Å². The van der Waals surface area contributed by atoms with E-state index in [1.54, 1.807) is 0 Å². The maximum atomic E-state index is 11.7. The Morgan fingerprint density at radius 2 is 2.24 bits per heavy atom. The summed E-state index contributed by atoms with van der Waals surface area (Å²) in [6.45, 7) is 2.04. The van der Waals surface area contributed by atoms with Crippen molar-refractivity contribution in [3.05, 3.63) is 35.9 Å². The Bertz CT molecular complexity index is 361. The Hall–Kier alpha value is -1.39. The van der Waals surface area contributed by atoms with Crippen molar-refractivity contribution < 1.29 is 9.53 Å². The van der Waals surface area contributed by atoms with Gasteiger partial charge in [0.15, 0.2) is 0 Å². The van der Waals surface area contributed by atoms with Crippen LogP contribution in [0.4, 0.5) is 0 Å². The minimum atomic E-state index is -0.506. The number of nitrogens with two attached hydrogens (primary N) is 1. The Kier molecular flexibility index (Phi) is 4.12. The fraction of sp³-hybridized carbons (Fsp3) is 0.462. The molecule has 17 heavy (non-hydrogen) atoms. The van der Waals surface area contributed by atoms with Crippen LogP contribution in [-0.4, -0.2) is 25.1 Å². The SMILES string of the molecule is NC(C(=O)OCc1ccccc1)C1CCNC1. The summed E-state index contributed by atoms with van der Waals surface area (Å²) in [5.74, 6) is -0.0965. The van der Waals surface area contributed by atoms with Gasteiger partial charge in [-0.25, -0.2) is 0 Å². The number of rotatable bonds is 4. The largest absolute Gasteiger partial charge is 0.460 e. The molecule has 3 N–H and O–H groups in total. The maximum absolute atomic E-state index is 11.7. The molecule has 1 aliphatic rings. The van der Waals surface area contributed by atoms with E-state index in [1.807, 2.05) is 30.3 Å². The lowest BCUT2D eigenvalue weighted by Crippen LogP contribution is -2.40. The van der Waals surface area contributed by atoms with Crippen LogP contribution >= 0.6 is 0 Å². The zero-order valence-corrected chi connectivity index (χ0v) is 9.76. The second-order valence-electron chi connectivity index (χ2n) is 4.37. The predicted octanol–water partition coefficient (Wildman–Crippen LogP) is 0.667. The first kappa shape index (κ1) is 12.1. The molecule has 1 aromatic carbocycles. The van der Waals surface area contributed by atoms with Gasteiger partial charge in [0.05, 0.1) is 0 Å². The van der Waals surface area contributed by atoms with Gasteiger partial charge in [0.25, 0.3) is 0 Å². The van der Waals surface area contributed by atoms with Crippen molar-refractivity contribution >= 4 is 5.97 Å². The zero-order chi connectivity index (χ0) is 12.1. The third-order valence-corrected chi connectivity index (χ3v) is 3.10. The summed E-state index contributed by atoms with van der Waals surface area (Å²) in [6.07, 6.45) is 0.946. The van der Waals surface area contributed by atoms with Gasteiger partial charge >= 0.3 is 5.97 Å². The monoisotopic (exact) mass is 234 g/mol. The van der Waals surface area contributed by atoms with Crippen LogP contribution in [0.25, 0.3) is 0 Å². The van der Waals surface area contributed by atoms with Crippen LogP contribution in [0.15, 0.2) is 30.3 Å². The molecule has 0 saturated carbocycles. The molecule has 4 nitrogen and oxygen atoms in total. The highest BCUT2D eigenvalue weighted by atomic mass is 16.5. The van der Waals surface area contributed by atoms with E-state index < -0.39 is 6.04 Å². The Morgan fingerprint density at radius 3 is 2.88 bits per heavy atom. The molecule has 92 valence electrons. The van der Waals surface area contributed by atoms with Crippen molar-refractivity contribution in [2.75, 3.05) is 13.1 Å². The minimum absolute atomic E-state index is 0.207. The van der Waals surface area contributed by atoms with Gasteiger partial charge in [0.2, 0.25) is 0 Å². The van der Waals surface area contributed by atoms with Crippen molar-refractivity contribution in [3.8, 4) is 0 Å². The number of carbonyl (C=O) groups excluding carboxylic acids is 1. The van der Waals surface area contributed by atoms with Gasteiger partial charge in [-0.1, -0.05) is 30.3 Å². The third kappa shape index (κ3) is 3.28. The topological polar surface area (TPSA) is 64.4 Å². The first-order chi connectivity index (χ1) is 8.27. The van der Waals surface area contributed by atoms with E-state index in [0.717, 1.165) is 25.1 Å². The van der Waals surface area contributed by atoms with Crippen LogP contribution in [-0.2, 0) is 16.1 Å². The van der Waals surface area contributed by atoms with Crippen molar-refractivity contribution in [1.82, 2.24) is 5.32 Å². The molecular formula is C13H18N2O2. The standard InChI is InChI=1S/C13H18N2O2/c14-12(11-6-7-15-8-11)13(16)17-9-10-4-2-1-3-5-10/h1-5,11-12,15H,6-9,14H2. The average molecular weight is 234 g/mol. The quantitative estimate of drug-likeness (QED) is 0.751.